The predicted octanol–water partition coefficient (Wildman–Crippen LogP) is 1.38. The quantitative estimate of drug-likeness (QED) is 0.826. The lowest BCUT2D eigenvalue weighted by Crippen LogP contribution is -2.62. The minimum absolute atomic E-state index is 0.00424. The number of aliphatic hydroxyl groups is 1. The summed E-state index contributed by atoms with van der Waals surface area (Å²) in [6.07, 6.45) is 0.517. The molecule has 1 aromatic rings. The molecule has 1 aromatic carbocycles. The van der Waals surface area contributed by atoms with Gasteiger partial charge in [-0.1, -0.05) is 18.5 Å². The molecule has 7 heteroatoms. The highest BCUT2D eigenvalue weighted by molar-refractivity contribution is 7.89. The fourth-order valence-electron chi connectivity index (χ4n) is 2.01. The number of nitrogen functional groups attached to an aromatic ring is 1. The Bertz CT molecular complexity index is 610. The molecule has 5 nitrogen and oxygen atoms in total. The van der Waals surface area contributed by atoms with Crippen LogP contribution in [0.1, 0.15) is 18.9 Å². The number of nitrogens with zero attached hydrogens (tertiary/aromatic N) is 1. The van der Waals surface area contributed by atoms with E-state index in [9.17, 15) is 13.5 Å². The Morgan fingerprint density at radius 2 is 2.05 bits per heavy atom. The number of benzene rings is 1. The molecule has 1 heterocycles. The van der Waals surface area contributed by atoms with Crippen LogP contribution in [0.5, 0.6) is 0 Å². The van der Waals surface area contributed by atoms with Gasteiger partial charge in [-0.05, 0) is 31.0 Å². The van der Waals surface area contributed by atoms with Gasteiger partial charge >= 0.3 is 0 Å². The van der Waals surface area contributed by atoms with Gasteiger partial charge in [0, 0.05) is 18.8 Å². The maximum Gasteiger partial charge on any atom is 0.244 e. The minimum atomic E-state index is -3.69. The van der Waals surface area contributed by atoms with Gasteiger partial charge in [-0.3, -0.25) is 0 Å². The second kappa shape index (κ2) is 4.63. The summed E-state index contributed by atoms with van der Waals surface area (Å²) in [5.74, 6) is 0. The highest BCUT2D eigenvalue weighted by Crippen LogP contribution is 2.34. The smallest absolute Gasteiger partial charge is 0.244 e. The highest BCUT2D eigenvalue weighted by atomic mass is 35.5. The number of β-amino-alcohol motifs (C(OH)–C–C–N with tert-alkyl or cyclic N) is 1. The zero-order valence-corrected chi connectivity index (χ0v) is 12.4. The van der Waals surface area contributed by atoms with E-state index in [4.69, 9.17) is 17.3 Å². The van der Waals surface area contributed by atoms with Crippen molar-refractivity contribution in [2.75, 3.05) is 18.8 Å². The molecule has 0 atom stereocenters. The van der Waals surface area contributed by atoms with Gasteiger partial charge in [0.15, 0.2) is 0 Å². The fraction of sp³-hybridized carbons (Fsp3) is 0.500. The average molecular weight is 305 g/mol. The van der Waals surface area contributed by atoms with Gasteiger partial charge in [0.05, 0.1) is 10.6 Å². The lowest BCUT2D eigenvalue weighted by molar-refractivity contribution is -0.0613. The molecule has 0 aromatic heterocycles. The molecular weight excluding hydrogens is 288 g/mol. The first-order valence-electron chi connectivity index (χ1n) is 5.98. The Morgan fingerprint density at radius 3 is 2.58 bits per heavy atom. The van der Waals surface area contributed by atoms with Crippen LogP contribution in [-0.2, 0) is 10.0 Å². The van der Waals surface area contributed by atoms with Crippen molar-refractivity contribution >= 4 is 27.3 Å². The number of anilines is 1. The van der Waals surface area contributed by atoms with Gasteiger partial charge in [0.25, 0.3) is 0 Å². The molecule has 0 unspecified atom stereocenters. The molecule has 19 heavy (non-hydrogen) atoms. The van der Waals surface area contributed by atoms with Gasteiger partial charge < -0.3 is 10.8 Å². The number of aryl methyl sites for hydroxylation is 1. The van der Waals surface area contributed by atoms with Crippen molar-refractivity contribution < 1.29 is 13.5 Å². The van der Waals surface area contributed by atoms with Crippen LogP contribution in [0.15, 0.2) is 17.0 Å². The van der Waals surface area contributed by atoms with E-state index in [0.717, 1.165) is 5.56 Å². The van der Waals surface area contributed by atoms with Crippen molar-refractivity contribution in [1.82, 2.24) is 4.31 Å². The Hall–Kier alpha value is -0.820. The highest BCUT2D eigenvalue weighted by Gasteiger charge is 2.46. The molecule has 3 N–H and O–H groups in total. The van der Waals surface area contributed by atoms with E-state index in [1.165, 1.54) is 16.4 Å². The Balaban J connectivity index is 2.35. The third kappa shape index (κ3) is 2.45. The summed E-state index contributed by atoms with van der Waals surface area (Å²) in [7, 11) is -3.69. The molecule has 0 radical (unpaired) electrons. The number of sulfonamides is 1. The Kier molecular flexibility index (Phi) is 3.55. The summed E-state index contributed by atoms with van der Waals surface area (Å²) in [6.45, 7) is 3.77. The van der Waals surface area contributed by atoms with Crippen molar-refractivity contribution in [3.63, 3.8) is 0 Å². The molecule has 1 aliphatic rings. The monoisotopic (exact) mass is 304 g/mol. The lowest BCUT2D eigenvalue weighted by Gasteiger charge is -2.44. The number of halogens is 1. The summed E-state index contributed by atoms with van der Waals surface area (Å²) >= 11 is 5.99. The normalized spacial score (nSPS) is 19.2. The molecule has 0 spiro atoms. The molecule has 106 valence electrons. The predicted molar refractivity (Wildman–Crippen MR) is 74.6 cm³/mol. The molecule has 0 bridgehead atoms. The largest absolute Gasteiger partial charge is 0.398 e. The maximum atomic E-state index is 12.4. The van der Waals surface area contributed by atoms with Crippen LogP contribution >= 0.6 is 11.6 Å². The van der Waals surface area contributed by atoms with Crippen molar-refractivity contribution in [3.05, 3.63) is 22.7 Å². The number of hydrogen-bond acceptors (Lipinski definition) is 4. The van der Waals surface area contributed by atoms with Gasteiger partial charge in [0.2, 0.25) is 10.0 Å². The van der Waals surface area contributed by atoms with E-state index in [0.29, 0.717) is 12.1 Å². The second-order valence-corrected chi connectivity index (χ2v) is 7.30. The van der Waals surface area contributed by atoms with E-state index >= 15 is 0 Å². The maximum absolute atomic E-state index is 12.4. The lowest BCUT2D eigenvalue weighted by atomic mass is 9.94. The molecule has 1 saturated heterocycles. The molecule has 0 saturated carbocycles. The number of rotatable bonds is 3. The van der Waals surface area contributed by atoms with Gasteiger partial charge in [-0.15, -0.1) is 0 Å². The van der Waals surface area contributed by atoms with Crippen molar-refractivity contribution in [1.29, 1.82) is 0 Å². The molecule has 0 amide bonds. The van der Waals surface area contributed by atoms with E-state index in [1.54, 1.807) is 6.92 Å². The summed E-state index contributed by atoms with van der Waals surface area (Å²) < 4.78 is 26.0. The standard InChI is InChI=1S/C12H17ClN2O3S/c1-3-12(16)6-15(7-12)19(17,18)11-5-10(14)8(2)4-9(11)13/h4-5,16H,3,6-7,14H2,1-2H3. The average Bonchev–Trinajstić information content (AvgIpc) is 2.29. The molecule has 1 fully saturated rings. The van der Waals surface area contributed by atoms with Crippen molar-refractivity contribution in [2.24, 2.45) is 0 Å². The number of nitrogens with two attached hydrogens (primary N) is 1. The van der Waals surface area contributed by atoms with Crippen molar-refractivity contribution in [2.45, 2.75) is 30.8 Å². The zero-order chi connectivity index (χ0) is 14.4. The summed E-state index contributed by atoms with van der Waals surface area (Å²) in [5, 5.41) is 10.1. The second-order valence-electron chi connectivity index (χ2n) is 4.99. The Morgan fingerprint density at radius 1 is 1.47 bits per heavy atom. The number of hydrogen-bond donors (Lipinski definition) is 2. The van der Waals surface area contributed by atoms with Crippen LogP contribution < -0.4 is 5.73 Å². The van der Waals surface area contributed by atoms with Crippen LogP contribution in [0.25, 0.3) is 0 Å². The first kappa shape index (κ1) is 14.6. The summed E-state index contributed by atoms with van der Waals surface area (Å²) in [4.78, 5) is -0.00424. The fourth-order valence-corrected chi connectivity index (χ4v) is 4.20. The van der Waals surface area contributed by atoms with E-state index in [1.807, 2.05) is 6.92 Å². The van der Waals surface area contributed by atoms with Crippen LogP contribution in [0.3, 0.4) is 0 Å². The van der Waals surface area contributed by atoms with Gasteiger partial charge in [0.1, 0.15) is 4.90 Å². The SMILES string of the molecule is CCC1(O)CN(S(=O)(=O)c2cc(N)c(C)cc2Cl)C1. The molecular formula is C12H17ClN2O3S. The first-order valence-corrected chi connectivity index (χ1v) is 7.79. The van der Waals surface area contributed by atoms with Crippen molar-refractivity contribution in [3.8, 4) is 0 Å². The molecule has 0 aliphatic carbocycles. The third-order valence-electron chi connectivity index (χ3n) is 3.54. The van der Waals surface area contributed by atoms with Crippen LogP contribution in [0, 0.1) is 6.92 Å². The van der Waals surface area contributed by atoms with Crippen LogP contribution in [-0.4, -0.2) is 36.5 Å². The molecule has 1 aliphatic heterocycles. The summed E-state index contributed by atoms with van der Waals surface area (Å²) in [5.41, 5.74) is 5.93. The van der Waals surface area contributed by atoms with Gasteiger partial charge in [-0.2, -0.15) is 4.31 Å². The van der Waals surface area contributed by atoms with E-state index < -0.39 is 15.6 Å². The minimum Gasteiger partial charge on any atom is -0.398 e. The van der Waals surface area contributed by atoms with Crippen LogP contribution in [0.4, 0.5) is 5.69 Å². The first-order chi connectivity index (χ1) is 8.69. The van der Waals surface area contributed by atoms with E-state index in [-0.39, 0.29) is 23.0 Å². The zero-order valence-electron chi connectivity index (χ0n) is 10.9. The molecule has 2 rings (SSSR count). The van der Waals surface area contributed by atoms with Gasteiger partial charge in [-0.25, -0.2) is 8.42 Å². The van der Waals surface area contributed by atoms with Crippen LogP contribution in [0.2, 0.25) is 5.02 Å². The summed E-state index contributed by atoms with van der Waals surface area (Å²) in [6, 6.07) is 2.91. The Labute approximate surface area is 118 Å². The third-order valence-corrected chi connectivity index (χ3v) is 5.79. The van der Waals surface area contributed by atoms with E-state index in [2.05, 4.69) is 0 Å². The topological polar surface area (TPSA) is 83.6 Å².